The Kier molecular flexibility index (Phi) is 6.18. The lowest BCUT2D eigenvalue weighted by molar-refractivity contribution is 0.0999. The number of amides is 1. The van der Waals surface area contributed by atoms with Crippen LogP contribution in [0.15, 0.2) is 42.5 Å². The Labute approximate surface area is 203 Å². The van der Waals surface area contributed by atoms with Crippen molar-refractivity contribution in [2.75, 3.05) is 31.1 Å². The monoisotopic (exact) mass is 453 g/mol. The van der Waals surface area contributed by atoms with Gasteiger partial charge in [0.15, 0.2) is 0 Å². The van der Waals surface area contributed by atoms with Crippen LogP contribution >= 0.6 is 0 Å². The molecule has 4 nitrogen and oxygen atoms in total. The second-order valence-electron chi connectivity index (χ2n) is 9.72. The van der Waals surface area contributed by atoms with E-state index in [4.69, 9.17) is 5.73 Å². The van der Waals surface area contributed by atoms with Gasteiger partial charge in [0.2, 0.25) is 0 Å². The van der Waals surface area contributed by atoms with Crippen LogP contribution in [0.4, 0.5) is 5.69 Å². The highest BCUT2D eigenvalue weighted by Crippen LogP contribution is 2.52. The maximum Gasteiger partial charge on any atom is 0.251 e. The van der Waals surface area contributed by atoms with E-state index in [0.717, 1.165) is 63.1 Å². The summed E-state index contributed by atoms with van der Waals surface area (Å²) in [6.07, 6.45) is 3.89. The Morgan fingerprint density at radius 1 is 1.00 bits per heavy atom. The number of nitrogens with two attached hydrogens (primary N) is 1. The van der Waals surface area contributed by atoms with Gasteiger partial charge in [-0.2, -0.15) is 0 Å². The van der Waals surface area contributed by atoms with Crippen LogP contribution < -0.4 is 16.0 Å². The van der Waals surface area contributed by atoms with E-state index in [9.17, 15) is 4.79 Å². The summed E-state index contributed by atoms with van der Waals surface area (Å²) in [6, 6.07) is 15.3. The van der Waals surface area contributed by atoms with Crippen molar-refractivity contribution in [3.8, 4) is 22.3 Å². The van der Waals surface area contributed by atoms with Crippen LogP contribution in [0.2, 0.25) is 0 Å². The Balaban J connectivity index is 1.94. The molecule has 4 heteroatoms. The third-order valence-corrected chi connectivity index (χ3v) is 7.68. The van der Waals surface area contributed by atoms with E-state index >= 15 is 0 Å². The van der Waals surface area contributed by atoms with Crippen molar-refractivity contribution in [3.63, 3.8) is 0 Å². The molecule has 5 rings (SSSR count). The summed E-state index contributed by atoms with van der Waals surface area (Å²) >= 11 is 0. The molecule has 0 atom stereocenters. The average Bonchev–Trinajstić information content (AvgIpc) is 3.23. The van der Waals surface area contributed by atoms with Crippen molar-refractivity contribution in [3.05, 3.63) is 75.8 Å². The summed E-state index contributed by atoms with van der Waals surface area (Å²) in [5.41, 5.74) is 19.4. The molecule has 0 saturated carbocycles. The van der Waals surface area contributed by atoms with Gasteiger partial charge in [-0.25, -0.2) is 0 Å². The van der Waals surface area contributed by atoms with E-state index in [1.165, 1.54) is 50.1 Å². The van der Waals surface area contributed by atoms with Crippen LogP contribution in [-0.2, 0) is 12.8 Å². The molecule has 176 valence electrons. The number of aryl methyl sites for hydroxylation is 1. The first-order valence-electron chi connectivity index (χ1n) is 12.6. The van der Waals surface area contributed by atoms with E-state index in [2.05, 4.69) is 73.5 Å². The smallest absolute Gasteiger partial charge is 0.251 e. The average molecular weight is 454 g/mol. The molecule has 3 aromatic rings. The zero-order valence-electron chi connectivity index (χ0n) is 20.6. The van der Waals surface area contributed by atoms with Crippen molar-refractivity contribution in [1.29, 1.82) is 0 Å². The number of nitrogens with one attached hydrogen (secondary N) is 1. The molecule has 1 aliphatic carbocycles. The molecule has 1 heterocycles. The van der Waals surface area contributed by atoms with Gasteiger partial charge in [0.05, 0.1) is 11.3 Å². The van der Waals surface area contributed by atoms with Crippen LogP contribution in [-0.4, -0.2) is 32.1 Å². The van der Waals surface area contributed by atoms with E-state index in [1.54, 1.807) is 0 Å². The quantitative estimate of drug-likeness (QED) is 0.411. The number of nitrogens with zero attached hydrogens (tertiary/aromatic N) is 1. The maximum atomic E-state index is 13.2. The van der Waals surface area contributed by atoms with Crippen LogP contribution in [0.3, 0.4) is 0 Å². The first-order valence-corrected chi connectivity index (χ1v) is 12.6. The number of rotatable bonds is 6. The molecule has 3 N–H and O–H groups in total. The minimum absolute atomic E-state index is 0.301. The lowest BCUT2D eigenvalue weighted by atomic mass is 9.82. The van der Waals surface area contributed by atoms with E-state index < -0.39 is 0 Å². The zero-order chi connectivity index (χ0) is 23.8. The van der Waals surface area contributed by atoms with Gasteiger partial charge in [-0.15, -0.1) is 0 Å². The Bertz CT molecular complexity index is 1250. The number of carbonyl (C=O) groups is 1. The first kappa shape index (κ1) is 22.7. The number of benzene rings is 3. The predicted molar refractivity (Wildman–Crippen MR) is 142 cm³/mol. The SMILES string of the molecule is CCCCc1c2c(c(-c3cccc(C)c3C)c(N3CCNCC3)c1C(N)=O)-c1ccccc1C2. The van der Waals surface area contributed by atoms with Crippen LogP contribution in [0, 0.1) is 13.8 Å². The summed E-state index contributed by atoms with van der Waals surface area (Å²) < 4.78 is 0. The van der Waals surface area contributed by atoms with Crippen molar-refractivity contribution < 1.29 is 4.79 Å². The highest BCUT2D eigenvalue weighted by molar-refractivity contribution is 6.10. The molecule has 0 spiro atoms. The minimum Gasteiger partial charge on any atom is -0.368 e. The molecule has 0 aromatic heterocycles. The number of piperazine rings is 1. The standard InChI is InChI=1S/C30H35N3O/c1-4-5-11-24-25-18-21-10-6-7-12-23(21)26(25)27(22-13-8-9-19(2)20(22)3)29(28(24)30(31)34)33-16-14-32-15-17-33/h6-10,12-13,32H,4-5,11,14-18H2,1-3H3,(H2,31,34). The number of fused-ring (bicyclic) bond motifs is 3. The number of unbranched alkanes of at least 4 members (excludes halogenated alkanes) is 1. The Hall–Kier alpha value is -3.11. The molecule has 1 aliphatic heterocycles. The third kappa shape index (κ3) is 3.70. The summed E-state index contributed by atoms with van der Waals surface area (Å²) in [6.45, 7) is 10.1. The fraction of sp³-hybridized carbons (Fsp3) is 0.367. The number of hydrogen-bond donors (Lipinski definition) is 2. The predicted octanol–water partition coefficient (Wildman–Crippen LogP) is 5.39. The van der Waals surface area contributed by atoms with Gasteiger partial charge in [0, 0.05) is 31.7 Å². The van der Waals surface area contributed by atoms with Crippen LogP contribution in [0.25, 0.3) is 22.3 Å². The second kappa shape index (κ2) is 9.27. The Morgan fingerprint density at radius 3 is 2.47 bits per heavy atom. The molecule has 0 unspecified atom stereocenters. The highest BCUT2D eigenvalue weighted by Gasteiger charge is 2.34. The molecule has 1 fully saturated rings. The summed E-state index contributed by atoms with van der Waals surface area (Å²) in [4.78, 5) is 15.6. The summed E-state index contributed by atoms with van der Waals surface area (Å²) in [7, 11) is 0. The first-order chi connectivity index (χ1) is 16.5. The third-order valence-electron chi connectivity index (χ3n) is 7.68. The lowest BCUT2D eigenvalue weighted by Crippen LogP contribution is -2.44. The van der Waals surface area contributed by atoms with Crippen molar-refractivity contribution >= 4 is 11.6 Å². The van der Waals surface area contributed by atoms with Crippen molar-refractivity contribution in [2.24, 2.45) is 5.73 Å². The van der Waals surface area contributed by atoms with E-state index in [1.807, 2.05) is 0 Å². The van der Waals surface area contributed by atoms with Crippen molar-refractivity contribution in [1.82, 2.24) is 5.32 Å². The number of carbonyl (C=O) groups excluding carboxylic acids is 1. The molecule has 0 radical (unpaired) electrons. The Morgan fingerprint density at radius 2 is 1.74 bits per heavy atom. The largest absolute Gasteiger partial charge is 0.368 e. The van der Waals surface area contributed by atoms with Gasteiger partial charge in [0.1, 0.15) is 0 Å². The van der Waals surface area contributed by atoms with E-state index in [0.29, 0.717) is 0 Å². The van der Waals surface area contributed by atoms with Gasteiger partial charge in [0.25, 0.3) is 5.91 Å². The molecule has 0 bridgehead atoms. The zero-order valence-corrected chi connectivity index (χ0v) is 20.6. The highest BCUT2D eigenvalue weighted by atomic mass is 16.1. The molecule has 2 aliphatic rings. The molecule has 1 saturated heterocycles. The number of anilines is 1. The van der Waals surface area contributed by atoms with Gasteiger partial charge in [-0.1, -0.05) is 55.8 Å². The summed E-state index contributed by atoms with van der Waals surface area (Å²) in [5.74, 6) is -0.301. The molecular weight excluding hydrogens is 418 g/mol. The fourth-order valence-electron chi connectivity index (χ4n) is 5.82. The lowest BCUT2D eigenvalue weighted by Gasteiger charge is -2.35. The fourth-order valence-corrected chi connectivity index (χ4v) is 5.82. The van der Waals surface area contributed by atoms with Gasteiger partial charge >= 0.3 is 0 Å². The topological polar surface area (TPSA) is 58.4 Å². The maximum absolute atomic E-state index is 13.2. The van der Waals surface area contributed by atoms with E-state index in [-0.39, 0.29) is 5.91 Å². The molecular formula is C30H35N3O. The molecule has 1 amide bonds. The number of hydrogen-bond acceptors (Lipinski definition) is 3. The van der Waals surface area contributed by atoms with Gasteiger partial charge in [-0.3, -0.25) is 4.79 Å². The minimum atomic E-state index is -0.301. The van der Waals surface area contributed by atoms with Crippen LogP contribution in [0.5, 0.6) is 0 Å². The number of primary amides is 1. The van der Waals surface area contributed by atoms with Gasteiger partial charge in [-0.05, 0) is 77.6 Å². The second-order valence-corrected chi connectivity index (χ2v) is 9.72. The molecule has 34 heavy (non-hydrogen) atoms. The summed E-state index contributed by atoms with van der Waals surface area (Å²) in [5, 5.41) is 3.47. The van der Waals surface area contributed by atoms with Gasteiger partial charge < -0.3 is 16.0 Å². The van der Waals surface area contributed by atoms with Crippen molar-refractivity contribution in [2.45, 2.75) is 46.5 Å². The normalized spacial score (nSPS) is 14.7. The molecule has 3 aromatic carbocycles. The van der Waals surface area contributed by atoms with Crippen LogP contribution in [0.1, 0.15) is 57.9 Å².